The summed E-state index contributed by atoms with van der Waals surface area (Å²) >= 11 is 1.37. The Morgan fingerprint density at radius 3 is 3.00 bits per heavy atom. The van der Waals surface area contributed by atoms with Crippen molar-refractivity contribution in [3.63, 3.8) is 0 Å². The van der Waals surface area contributed by atoms with Crippen LogP contribution in [-0.4, -0.2) is 60.5 Å². The maximum absolute atomic E-state index is 12.6. The van der Waals surface area contributed by atoms with Gasteiger partial charge in [0.2, 0.25) is 12.7 Å². The molecular formula is C20H22N2O6S. The first-order chi connectivity index (χ1) is 14.1. The second-order valence-corrected chi connectivity index (χ2v) is 7.81. The van der Waals surface area contributed by atoms with Gasteiger partial charge in [-0.3, -0.25) is 9.59 Å². The summed E-state index contributed by atoms with van der Waals surface area (Å²) in [7, 11) is 0. The topological polar surface area (TPSA) is 97.3 Å². The lowest BCUT2D eigenvalue weighted by atomic mass is 10.2. The smallest absolute Gasteiger partial charge is 0.264 e. The minimum absolute atomic E-state index is 0.0163. The molecule has 3 heterocycles. The lowest BCUT2D eigenvalue weighted by molar-refractivity contribution is -0.125. The first-order valence-electron chi connectivity index (χ1n) is 9.44. The van der Waals surface area contributed by atoms with Gasteiger partial charge in [-0.05, 0) is 36.4 Å². The van der Waals surface area contributed by atoms with E-state index in [2.05, 4.69) is 5.32 Å². The molecule has 2 atom stereocenters. The average molecular weight is 418 g/mol. The predicted octanol–water partition coefficient (Wildman–Crippen LogP) is 1.64. The molecule has 2 aliphatic heterocycles. The van der Waals surface area contributed by atoms with Gasteiger partial charge in [-0.25, -0.2) is 0 Å². The van der Waals surface area contributed by atoms with E-state index in [9.17, 15) is 14.7 Å². The van der Waals surface area contributed by atoms with E-state index in [0.29, 0.717) is 35.1 Å². The van der Waals surface area contributed by atoms with Crippen molar-refractivity contribution in [2.45, 2.75) is 25.0 Å². The second-order valence-electron chi connectivity index (χ2n) is 6.86. The third kappa shape index (κ3) is 4.46. The van der Waals surface area contributed by atoms with E-state index in [1.54, 1.807) is 29.2 Å². The molecule has 0 radical (unpaired) electrons. The van der Waals surface area contributed by atoms with Crippen molar-refractivity contribution in [2.24, 2.45) is 0 Å². The summed E-state index contributed by atoms with van der Waals surface area (Å²) in [6.07, 6.45) is 0.518. The van der Waals surface area contributed by atoms with Crippen LogP contribution in [-0.2, 0) is 4.79 Å². The number of fused-ring (bicyclic) bond motifs is 1. The molecule has 4 rings (SSSR count). The van der Waals surface area contributed by atoms with Crippen LogP contribution in [0.1, 0.15) is 22.5 Å². The van der Waals surface area contributed by atoms with Crippen LogP contribution in [0.25, 0.3) is 0 Å². The standard InChI is InChI=1S/C20H22N2O6S/c23-13(11-26-14-5-6-16-17(9-14)28-12-27-16)10-21-19(24)15-3-1-7-22(15)20(25)18-4-2-8-29-18/h2,4-6,8-9,13,15,23H,1,3,7,10-12H2,(H,21,24)/t13?,15-/m0/s1. The maximum Gasteiger partial charge on any atom is 0.264 e. The van der Waals surface area contributed by atoms with E-state index < -0.39 is 12.1 Å². The Morgan fingerprint density at radius 2 is 2.17 bits per heavy atom. The molecule has 0 bridgehead atoms. The molecule has 0 aliphatic carbocycles. The highest BCUT2D eigenvalue weighted by molar-refractivity contribution is 7.12. The fraction of sp³-hybridized carbons (Fsp3) is 0.400. The zero-order valence-electron chi connectivity index (χ0n) is 15.7. The Bertz CT molecular complexity index is 872. The van der Waals surface area contributed by atoms with Gasteiger partial charge in [0.1, 0.15) is 24.5 Å². The summed E-state index contributed by atoms with van der Waals surface area (Å²) in [5.41, 5.74) is 0. The third-order valence-corrected chi connectivity index (χ3v) is 5.70. The number of hydrogen-bond acceptors (Lipinski definition) is 7. The van der Waals surface area contributed by atoms with Gasteiger partial charge in [0.05, 0.1) is 4.88 Å². The van der Waals surface area contributed by atoms with Crippen LogP contribution >= 0.6 is 11.3 Å². The van der Waals surface area contributed by atoms with Gasteiger partial charge in [-0.1, -0.05) is 6.07 Å². The second kappa shape index (κ2) is 8.71. The number of likely N-dealkylation sites (tertiary alicyclic amines) is 1. The van der Waals surface area contributed by atoms with E-state index in [1.807, 2.05) is 11.4 Å². The van der Waals surface area contributed by atoms with Gasteiger partial charge in [-0.15, -0.1) is 11.3 Å². The molecule has 154 valence electrons. The SMILES string of the molecule is O=C(NCC(O)COc1ccc2c(c1)OCO2)[C@@H]1CCCN1C(=O)c1cccs1. The minimum Gasteiger partial charge on any atom is -0.491 e. The number of thiophene rings is 1. The van der Waals surface area contributed by atoms with E-state index in [4.69, 9.17) is 14.2 Å². The van der Waals surface area contributed by atoms with Gasteiger partial charge in [-0.2, -0.15) is 0 Å². The summed E-state index contributed by atoms with van der Waals surface area (Å²) in [4.78, 5) is 27.4. The minimum atomic E-state index is -0.882. The number of rotatable bonds is 7. The first-order valence-corrected chi connectivity index (χ1v) is 10.3. The molecular weight excluding hydrogens is 396 g/mol. The van der Waals surface area contributed by atoms with Crippen molar-refractivity contribution in [3.05, 3.63) is 40.6 Å². The molecule has 1 unspecified atom stereocenters. The number of hydrogen-bond donors (Lipinski definition) is 2. The number of amides is 2. The van der Waals surface area contributed by atoms with Crippen molar-refractivity contribution in [1.82, 2.24) is 10.2 Å². The van der Waals surface area contributed by atoms with Crippen LogP contribution in [0.4, 0.5) is 0 Å². The van der Waals surface area contributed by atoms with E-state index in [0.717, 1.165) is 6.42 Å². The average Bonchev–Trinajstić information content (AvgIpc) is 3.49. The highest BCUT2D eigenvalue weighted by atomic mass is 32.1. The van der Waals surface area contributed by atoms with Crippen LogP contribution < -0.4 is 19.5 Å². The molecule has 8 nitrogen and oxygen atoms in total. The van der Waals surface area contributed by atoms with Crippen molar-refractivity contribution in [1.29, 1.82) is 0 Å². The summed E-state index contributed by atoms with van der Waals surface area (Å²) in [6, 6.07) is 8.24. The van der Waals surface area contributed by atoms with Gasteiger partial charge in [0.25, 0.3) is 5.91 Å². The van der Waals surface area contributed by atoms with Crippen LogP contribution in [0.5, 0.6) is 17.2 Å². The van der Waals surface area contributed by atoms with Crippen LogP contribution in [0.2, 0.25) is 0 Å². The molecule has 0 spiro atoms. The molecule has 1 saturated heterocycles. The fourth-order valence-electron chi connectivity index (χ4n) is 3.38. The van der Waals surface area contributed by atoms with Crippen LogP contribution in [0.3, 0.4) is 0 Å². The Hall–Kier alpha value is -2.78. The number of carbonyl (C=O) groups excluding carboxylic acids is 2. The summed E-state index contributed by atoms with van der Waals surface area (Å²) < 4.78 is 16.1. The highest BCUT2D eigenvalue weighted by Crippen LogP contribution is 2.35. The number of aliphatic hydroxyl groups excluding tert-OH is 1. The normalized spacial score (nSPS) is 18.5. The number of carbonyl (C=O) groups is 2. The monoisotopic (exact) mass is 418 g/mol. The summed E-state index contributed by atoms with van der Waals surface area (Å²) in [6.45, 7) is 0.800. The number of nitrogens with zero attached hydrogens (tertiary/aromatic N) is 1. The largest absolute Gasteiger partial charge is 0.491 e. The number of benzene rings is 1. The summed E-state index contributed by atoms with van der Waals surface area (Å²) in [5, 5.41) is 14.7. The van der Waals surface area contributed by atoms with Crippen molar-refractivity contribution >= 4 is 23.2 Å². The zero-order valence-corrected chi connectivity index (χ0v) is 16.5. The molecule has 2 N–H and O–H groups in total. The summed E-state index contributed by atoms with van der Waals surface area (Å²) in [5.74, 6) is 1.42. The number of ether oxygens (including phenoxy) is 3. The molecule has 0 saturated carbocycles. The Balaban J connectivity index is 1.25. The van der Waals surface area contributed by atoms with Crippen molar-refractivity contribution < 1.29 is 28.9 Å². The number of nitrogens with one attached hydrogen (secondary N) is 1. The van der Waals surface area contributed by atoms with Crippen molar-refractivity contribution in [2.75, 3.05) is 26.5 Å². The molecule has 9 heteroatoms. The molecule has 1 aromatic heterocycles. The lowest BCUT2D eigenvalue weighted by Crippen LogP contribution is -2.47. The Labute approximate surface area is 172 Å². The molecule has 2 aromatic rings. The zero-order chi connectivity index (χ0) is 20.2. The molecule has 29 heavy (non-hydrogen) atoms. The lowest BCUT2D eigenvalue weighted by Gasteiger charge is -2.24. The van der Waals surface area contributed by atoms with Gasteiger partial charge >= 0.3 is 0 Å². The van der Waals surface area contributed by atoms with E-state index in [-0.39, 0.29) is 31.8 Å². The van der Waals surface area contributed by atoms with Crippen molar-refractivity contribution in [3.8, 4) is 17.2 Å². The van der Waals surface area contributed by atoms with Gasteiger partial charge in [0, 0.05) is 19.2 Å². The van der Waals surface area contributed by atoms with E-state index in [1.165, 1.54) is 11.3 Å². The quantitative estimate of drug-likeness (QED) is 0.710. The van der Waals surface area contributed by atoms with Gasteiger partial charge < -0.3 is 29.5 Å². The molecule has 2 amide bonds. The predicted molar refractivity (Wildman–Crippen MR) is 105 cm³/mol. The first kappa shape index (κ1) is 19.5. The van der Waals surface area contributed by atoms with Crippen LogP contribution in [0.15, 0.2) is 35.7 Å². The fourth-order valence-corrected chi connectivity index (χ4v) is 4.06. The highest BCUT2D eigenvalue weighted by Gasteiger charge is 2.34. The van der Waals surface area contributed by atoms with Crippen LogP contribution in [0, 0.1) is 0 Å². The molecule has 1 aromatic carbocycles. The van der Waals surface area contributed by atoms with Gasteiger partial charge in [0.15, 0.2) is 11.5 Å². The third-order valence-electron chi connectivity index (χ3n) is 4.85. The maximum atomic E-state index is 12.6. The number of aliphatic hydroxyl groups is 1. The Morgan fingerprint density at radius 1 is 1.31 bits per heavy atom. The molecule has 1 fully saturated rings. The van der Waals surface area contributed by atoms with E-state index >= 15 is 0 Å². The Kier molecular flexibility index (Phi) is 5.86. The molecule has 2 aliphatic rings.